The van der Waals surface area contributed by atoms with Crippen LogP contribution in [0.2, 0.25) is 0 Å². The zero-order valence-corrected chi connectivity index (χ0v) is 13.5. The molecular formula is C21H18N2O. The number of aryl methyl sites for hydroxylation is 1. The summed E-state index contributed by atoms with van der Waals surface area (Å²) in [5, 5.41) is 4.52. The van der Waals surface area contributed by atoms with Gasteiger partial charge in [0.05, 0.1) is 11.4 Å². The highest BCUT2D eigenvalue weighted by molar-refractivity contribution is 5.78. The molecule has 3 aromatic rings. The number of aromatic nitrogens is 2. The highest BCUT2D eigenvalue weighted by Crippen LogP contribution is 2.16. The summed E-state index contributed by atoms with van der Waals surface area (Å²) in [5.74, 6) is 0. The average Bonchev–Trinajstić information content (AvgIpc) is 3.04. The fourth-order valence-electron chi connectivity index (χ4n) is 2.50. The first-order chi connectivity index (χ1) is 11.7. The Morgan fingerprint density at radius 2 is 1.71 bits per heavy atom. The number of benzene rings is 2. The Balaban J connectivity index is 1.95. The monoisotopic (exact) mass is 314 g/mol. The second-order valence-electron chi connectivity index (χ2n) is 5.53. The fourth-order valence-corrected chi connectivity index (χ4v) is 2.50. The van der Waals surface area contributed by atoms with Crippen LogP contribution in [-0.4, -0.2) is 16.1 Å². The van der Waals surface area contributed by atoms with Gasteiger partial charge >= 0.3 is 0 Å². The maximum Gasteiger partial charge on any atom is 0.168 e. The third kappa shape index (κ3) is 3.25. The summed E-state index contributed by atoms with van der Waals surface area (Å²) in [6, 6.07) is 17.7. The number of rotatable bonds is 5. The summed E-state index contributed by atoms with van der Waals surface area (Å²) in [6.07, 6.45) is 6.52. The van der Waals surface area contributed by atoms with Crippen molar-refractivity contribution in [1.82, 2.24) is 9.78 Å². The lowest BCUT2D eigenvalue weighted by atomic mass is 10.1. The van der Waals surface area contributed by atoms with Crippen LogP contribution in [0.5, 0.6) is 0 Å². The van der Waals surface area contributed by atoms with E-state index in [2.05, 4.69) is 11.7 Å². The van der Waals surface area contributed by atoms with Crippen LogP contribution in [0.3, 0.4) is 0 Å². The molecule has 3 nitrogen and oxygen atoms in total. The van der Waals surface area contributed by atoms with Crippen molar-refractivity contribution < 1.29 is 4.79 Å². The van der Waals surface area contributed by atoms with E-state index in [9.17, 15) is 4.79 Å². The summed E-state index contributed by atoms with van der Waals surface area (Å²) in [5.41, 5.74) is 5.41. The minimum Gasteiger partial charge on any atom is -0.296 e. The van der Waals surface area contributed by atoms with Gasteiger partial charge in [0.15, 0.2) is 6.29 Å². The lowest BCUT2D eigenvalue weighted by Crippen LogP contribution is -2.01. The zero-order chi connectivity index (χ0) is 16.9. The van der Waals surface area contributed by atoms with E-state index in [-0.39, 0.29) is 0 Å². The highest BCUT2D eigenvalue weighted by atomic mass is 16.1. The third-order valence-electron chi connectivity index (χ3n) is 3.80. The largest absolute Gasteiger partial charge is 0.296 e. The molecule has 0 aliphatic heterocycles. The lowest BCUT2D eigenvalue weighted by molar-refractivity contribution is 0.111. The molecule has 0 saturated carbocycles. The van der Waals surface area contributed by atoms with Crippen LogP contribution >= 0.6 is 0 Å². The maximum atomic E-state index is 11.4. The number of aldehydes is 1. The van der Waals surface area contributed by atoms with Crippen molar-refractivity contribution in [1.29, 1.82) is 0 Å². The molecule has 0 bridgehead atoms. The average molecular weight is 314 g/mol. The molecule has 0 spiro atoms. The topological polar surface area (TPSA) is 34.9 Å². The number of hydrogen-bond donors (Lipinski definition) is 0. The summed E-state index contributed by atoms with van der Waals surface area (Å²) >= 11 is 0. The molecule has 3 heteroatoms. The molecule has 0 aliphatic carbocycles. The number of carbonyl (C=O) groups is 1. The number of carbonyl (C=O) groups excluding carboxylic acids is 1. The van der Waals surface area contributed by atoms with Gasteiger partial charge in [-0.3, -0.25) is 4.79 Å². The molecule has 0 fully saturated rings. The Morgan fingerprint density at radius 3 is 2.38 bits per heavy atom. The summed E-state index contributed by atoms with van der Waals surface area (Å²) < 4.78 is 1.66. The Morgan fingerprint density at radius 1 is 1.00 bits per heavy atom. The zero-order valence-electron chi connectivity index (χ0n) is 13.5. The van der Waals surface area contributed by atoms with Crippen LogP contribution in [-0.2, 0) is 0 Å². The molecule has 3 rings (SSSR count). The smallest absolute Gasteiger partial charge is 0.168 e. The second kappa shape index (κ2) is 6.92. The van der Waals surface area contributed by atoms with E-state index in [0.717, 1.165) is 28.8 Å². The van der Waals surface area contributed by atoms with Crippen LogP contribution in [0.15, 0.2) is 61.2 Å². The van der Waals surface area contributed by atoms with E-state index in [1.165, 1.54) is 5.56 Å². The van der Waals surface area contributed by atoms with Gasteiger partial charge in [-0.25, -0.2) is 4.68 Å². The Kier molecular flexibility index (Phi) is 4.52. The Hall–Kier alpha value is -3.20. The van der Waals surface area contributed by atoms with E-state index in [4.69, 9.17) is 0 Å². The van der Waals surface area contributed by atoms with Gasteiger partial charge < -0.3 is 0 Å². The first kappa shape index (κ1) is 15.7. The molecule has 2 aromatic carbocycles. The summed E-state index contributed by atoms with van der Waals surface area (Å²) in [4.78, 5) is 11.4. The van der Waals surface area contributed by atoms with Crippen molar-refractivity contribution in [2.45, 2.75) is 6.92 Å². The molecule has 0 radical (unpaired) electrons. The van der Waals surface area contributed by atoms with Crippen molar-refractivity contribution in [2.75, 3.05) is 0 Å². The predicted octanol–water partition coefficient (Wildman–Crippen LogP) is 4.81. The Bertz CT molecular complexity index is 902. The molecule has 118 valence electrons. The van der Waals surface area contributed by atoms with Gasteiger partial charge in [-0.15, -0.1) is 0 Å². The summed E-state index contributed by atoms with van der Waals surface area (Å²) in [7, 11) is 0. The van der Waals surface area contributed by atoms with Crippen molar-refractivity contribution in [3.63, 3.8) is 0 Å². The molecule has 24 heavy (non-hydrogen) atoms. The molecule has 1 heterocycles. The van der Waals surface area contributed by atoms with Crippen LogP contribution in [0.25, 0.3) is 23.9 Å². The lowest BCUT2D eigenvalue weighted by Gasteiger charge is -2.03. The Labute approximate surface area is 141 Å². The van der Waals surface area contributed by atoms with E-state index in [1.807, 2.05) is 73.7 Å². The van der Waals surface area contributed by atoms with Gasteiger partial charge in [0.1, 0.15) is 5.69 Å². The van der Waals surface area contributed by atoms with Gasteiger partial charge in [-0.2, -0.15) is 5.10 Å². The molecule has 0 saturated heterocycles. The van der Waals surface area contributed by atoms with Crippen molar-refractivity contribution in [3.8, 4) is 5.69 Å². The van der Waals surface area contributed by atoms with Gasteiger partial charge in [0.25, 0.3) is 0 Å². The normalized spacial score (nSPS) is 10.9. The minimum atomic E-state index is 0.524. The van der Waals surface area contributed by atoms with Gasteiger partial charge in [0.2, 0.25) is 0 Å². The van der Waals surface area contributed by atoms with Crippen LogP contribution in [0.1, 0.15) is 32.9 Å². The predicted molar refractivity (Wildman–Crippen MR) is 99.1 cm³/mol. The van der Waals surface area contributed by atoms with Crippen LogP contribution < -0.4 is 0 Å². The molecule has 0 N–H and O–H groups in total. The van der Waals surface area contributed by atoms with Crippen molar-refractivity contribution in [2.24, 2.45) is 0 Å². The van der Waals surface area contributed by atoms with Gasteiger partial charge in [0, 0.05) is 0 Å². The van der Waals surface area contributed by atoms with Crippen LogP contribution in [0, 0.1) is 6.92 Å². The quantitative estimate of drug-likeness (QED) is 0.634. The fraction of sp³-hybridized carbons (Fsp3) is 0.0476. The molecular weight excluding hydrogens is 296 g/mol. The van der Waals surface area contributed by atoms with E-state index in [1.54, 1.807) is 10.7 Å². The minimum absolute atomic E-state index is 0.524. The summed E-state index contributed by atoms with van der Waals surface area (Å²) in [6.45, 7) is 5.85. The molecule has 1 aromatic heterocycles. The molecule has 0 unspecified atom stereocenters. The van der Waals surface area contributed by atoms with E-state index in [0.29, 0.717) is 5.69 Å². The van der Waals surface area contributed by atoms with Gasteiger partial charge in [-0.05, 0) is 42.3 Å². The standard InChI is InChI=1S/C21H18N2O/c1-3-17-6-4-5-7-18(17)10-11-19-14-21(15-24)23(22-19)20-12-8-16(2)9-13-20/h3-15H,1H2,2H3/b11-10+. The van der Waals surface area contributed by atoms with Crippen molar-refractivity contribution >= 4 is 24.5 Å². The second-order valence-corrected chi connectivity index (χ2v) is 5.53. The van der Waals surface area contributed by atoms with Crippen molar-refractivity contribution in [3.05, 3.63) is 89.3 Å². The number of hydrogen-bond acceptors (Lipinski definition) is 2. The third-order valence-corrected chi connectivity index (χ3v) is 3.80. The number of nitrogens with zero attached hydrogens (tertiary/aromatic N) is 2. The molecule has 0 amide bonds. The van der Waals surface area contributed by atoms with Crippen LogP contribution in [0.4, 0.5) is 0 Å². The molecule has 0 atom stereocenters. The maximum absolute atomic E-state index is 11.4. The van der Waals surface area contributed by atoms with E-state index >= 15 is 0 Å². The van der Waals surface area contributed by atoms with E-state index < -0.39 is 0 Å². The SMILES string of the molecule is C=Cc1ccccc1/C=C/c1cc(C=O)n(-c2ccc(C)cc2)n1. The molecule has 0 aliphatic rings. The first-order valence-electron chi connectivity index (χ1n) is 7.73. The highest BCUT2D eigenvalue weighted by Gasteiger charge is 2.07. The first-order valence-corrected chi connectivity index (χ1v) is 7.73. The van der Waals surface area contributed by atoms with Gasteiger partial charge in [-0.1, -0.05) is 60.7 Å².